The van der Waals surface area contributed by atoms with Crippen LogP contribution in [0.2, 0.25) is 0 Å². The second-order valence-corrected chi connectivity index (χ2v) is 14.2. The maximum absolute atomic E-state index is 6.34. The van der Waals surface area contributed by atoms with Crippen LogP contribution in [0.25, 0.3) is 77.6 Å². The normalized spacial score (nSPS) is 11.2. The Morgan fingerprint density at radius 2 is 0.768 bits per heavy atom. The highest BCUT2D eigenvalue weighted by Crippen LogP contribution is 2.42. The number of furan rings is 1. The Labute approximate surface area is 327 Å². The summed E-state index contributed by atoms with van der Waals surface area (Å²) in [5, 5.41) is 3.58. The molecule has 0 aliphatic heterocycles. The van der Waals surface area contributed by atoms with Crippen molar-refractivity contribution in [3.05, 3.63) is 224 Å². The van der Waals surface area contributed by atoms with E-state index in [9.17, 15) is 0 Å². The predicted molar refractivity (Wildman–Crippen MR) is 236 cm³/mol. The van der Waals surface area contributed by atoms with Crippen LogP contribution in [0.4, 0.5) is 17.1 Å². The van der Waals surface area contributed by atoms with Crippen LogP contribution in [0, 0.1) is 0 Å². The average molecular weight is 716 g/mol. The zero-order valence-corrected chi connectivity index (χ0v) is 30.7. The molecule has 0 amide bonds. The second-order valence-electron chi connectivity index (χ2n) is 14.2. The first kappa shape index (κ1) is 33.2. The summed E-state index contributed by atoms with van der Waals surface area (Å²) < 4.78 is 6.34. The fourth-order valence-corrected chi connectivity index (χ4v) is 7.81. The smallest absolute Gasteiger partial charge is 0.136 e. The van der Waals surface area contributed by atoms with Crippen molar-refractivity contribution < 1.29 is 4.42 Å². The van der Waals surface area contributed by atoms with Crippen LogP contribution in [0.1, 0.15) is 0 Å². The van der Waals surface area contributed by atoms with E-state index < -0.39 is 0 Å². The van der Waals surface area contributed by atoms with Crippen molar-refractivity contribution >= 4 is 38.8 Å². The van der Waals surface area contributed by atoms with E-state index in [2.05, 4.69) is 211 Å². The molecule has 264 valence electrons. The topological polar surface area (TPSA) is 16.4 Å². The van der Waals surface area contributed by atoms with Gasteiger partial charge in [0.05, 0.1) is 0 Å². The summed E-state index contributed by atoms with van der Waals surface area (Å²) >= 11 is 0. The first-order valence-electron chi connectivity index (χ1n) is 19.1. The number of anilines is 3. The molecule has 0 saturated carbocycles. The van der Waals surface area contributed by atoms with Crippen molar-refractivity contribution in [1.29, 1.82) is 0 Å². The Bertz CT molecular complexity index is 2850. The van der Waals surface area contributed by atoms with Gasteiger partial charge in [-0.15, -0.1) is 0 Å². The van der Waals surface area contributed by atoms with Crippen LogP contribution in [0.5, 0.6) is 0 Å². The van der Waals surface area contributed by atoms with Crippen molar-refractivity contribution in [3.8, 4) is 55.8 Å². The van der Waals surface area contributed by atoms with Crippen LogP contribution in [0.15, 0.2) is 229 Å². The highest BCUT2D eigenvalue weighted by Gasteiger charge is 2.18. The molecule has 56 heavy (non-hydrogen) atoms. The van der Waals surface area contributed by atoms with Gasteiger partial charge in [-0.2, -0.15) is 0 Å². The Hall–Kier alpha value is -7.42. The lowest BCUT2D eigenvalue weighted by Gasteiger charge is -2.27. The van der Waals surface area contributed by atoms with E-state index in [1.165, 1.54) is 33.0 Å². The molecule has 0 spiro atoms. The molecule has 0 radical (unpaired) electrons. The Morgan fingerprint density at radius 1 is 0.268 bits per heavy atom. The van der Waals surface area contributed by atoms with E-state index in [0.717, 1.165) is 61.6 Å². The third-order valence-corrected chi connectivity index (χ3v) is 10.7. The third-order valence-electron chi connectivity index (χ3n) is 10.7. The van der Waals surface area contributed by atoms with E-state index in [0.29, 0.717) is 0 Å². The van der Waals surface area contributed by atoms with Crippen LogP contribution in [-0.4, -0.2) is 0 Å². The molecule has 0 fully saturated rings. The number of benzene rings is 9. The molecule has 0 atom stereocenters. The van der Waals surface area contributed by atoms with Crippen molar-refractivity contribution in [2.45, 2.75) is 0 Å². The van der Waals surface area contributed by atoms with E-state index in [4.69, 9.17) is 4.42 Å². The van der Waals surface area contributed by atoms with Gasteiger partial charge >= 0.3 is 0 Å². The fourth-order valence-electron chi connectivity index (χ4n) is 7.81. The lowest BCUT2D eigenvalue weighted by atomic mass is 9.96. The van der Waals surface area contributed by atoms with Gasteiger partial charge in [-0.05, 0) is 116 Å². The number of rotatable bonds is 8. The van der Waals surface area contributed by atoms with Gasteiger partial charge in [-0.3, -0.25) is 0 Å². The maximum atomic E-state index is 6.34. The minimum absolute atomic E-state index is 0.866. The minimum atomic E-state index is 0.866. The van der Waals surface area contributed by atoms with Crippen molar-refractivity contribution in [3.63, 3.8) is 0 Å². The average Bonchev–Trinajstić information content (AvgIpc) is 3.72. The first-order valence-corrected chi connectivity index (χ1v) is 19.1. The summed E-state index contributed by atoms with van der Waals surface area (Å²) in [6, 6.07) is 80.2. The molecule has 9 aromatic carbocycles. The summed E-state index contributed by atoms with van der Waals surface area (Å²) in [6.45, 7) is 0. The molecular formula is C54H37NO. The van der Waals surface area contributed by atoms with E-state index in [-0.39, 0.29) is 0 Å². The zero-order chi connectivity index (χ0) is 37.3. The number of hydrogen-bond acceptors (Lipinski definition) is 2. The predicted octanol–water partition coefficient (Wildman–Crippen LogP) is 15.4. The summed E-state index contributed by atoms with van der Waals surface area (Å²) in [4.78, 5) is 2.37. The van der Waals surface area contributed by atoms with E-state index >= 15 is 0 Å². The molecule has 10 rings (SSSR count). The molecular weight excluding hydrogens is 679 g/mol. The molecule has 1 aromatic heterocycles. The monoisotopic (exact) mass is 715 g/mol. The first-order chi connectivity index (χ1) is 27.7. The van der Waals surface area contributed by atoms with Gasteiger partial charge in [0.2, 0.25) is 0 Å². The van der Waals surface area contributed by atoms with Gasteiger partial charge in [0.25, 0.3) is 0 Å². The highest BCUT2D eigenvalue weighted by atomic mass is 16.3. The van der Waals surface area contributed by atoms with Gasteiger partial charge in [0, 0.05) is 28.0 Å². The van der Waals surface area contributed by atoms with Gasteiger partial charge in [-0.1, -0.05) is 164 Å². The lowest BCUT2D eigenvalue weighted by Crippen LogP contribution is -2.10. The largest absolute Gasteiger partial charge is 0.456 e. The van der Waals surface area contributed by atoms with Crippen LogP contribution in [0.3, 0.4) is 0 Å². The maximum Gasteiger partial charge on any atom is 0.136 e. The van der Waals surface area contributed by atoms with Crippen molar-refractivity contribution in [2.24, 2.45) is 0 Å². The number of fused-ring (bicyclic) bond motifs is 2. The fraction of sp³-hybridized carbons (Fsp3) is 0. The van der Waals surface area contributed by atoms with E-state index in [1.54, 1.807) is 0 Å². The van der Waals surface area contributed by atoms with Gasteiger partial charge in [0.15, 0.2) is 0 Å². The number of nitrogens with zero attached hydrogens (tertiary/aromatic N) is 1. The highest BCUT2D eigenvalue weighted by molar-refractivity contribution is 5.91. The Balaban J connectivity index is 1.10. The third kappa shape index (κ3) is 6.44. The van der Waals surface area contributed by atoms with Gasteiger partial charge < -0.3 is 9.32 Å². The molecule has 0 saturated heterocycles. The molecule has 0 bridgehead atoms. The summed E-state index contributed by atoms with van der Waals surface area (Å²) in [7, 11) is 0. The molecule has 0 aliphatic carbocycles. The standard InChI is InChI=1S/C54H37NO/c1-3-13-38(14-4-1)46-34-47(39-15-5-2-6-16-39)36-50(35-46)55(48-29-25-41(26-30-48)44-24-23-40-17-7-8-18-43(40)33-44)49-31-27-42(28-32-49)51-20-10-11-21-52(51)54-37-45-19-9-12-22-53(45)56-54/h1-37H. The summed E-state index contributed by atoms with van der Waals surface area (Å²) in [6.07, 6.45) is 0. The Kier molecular flexibility index (Phi) is 8.55. The van der Waals surface area contributed by atoms with Crippen molar-refractivity contribution in [2.75, 3.05) is 4.90 Å². The van der Waals surface area contributed by atoms with Crippen LogP contribution >= 0.6 is 0 Å². The summed E-state index contributed by atoms with van der Waals surface area (Å²) in [5.41, 5.74) is 14.5. The number of hydrogen-bond donors (Lipinski definition) is 0. The molecule has 2 heteroatoms. The van der Waals surface area contributed by atoms with Crippen LogP contribution in [-0.2, 0) is 0 Å². The Morgan fingerprint density at radius 3 is 1.41 bits per heavy atom. The molecule has 1 heterocycles. The molecule has 0 N–H and O–H groups in total. The molecule has 10 aromatic rings. The number of para-hydroxylation sites is 1. The lowest BCUT2D eigenvalue weighted by molar-refractivity contribution is 0.632. The van der Waals surface area contributed by atoms with Crippen molar-refractivity contribution in [1.82, 2.24) is 0 Å². The second kappa shape index (κ2) is 14.4. The quantitative estimate of drug-likeness (QED) is 0.156. The summed E-state index contributed by atoms with van der Waals surface area (Å²) in [5.74, 6) is 0.866. The minimum Gasteiger partial charge on any atom is -0.456 e. The molecule has 0 aliphatic rings. The van der Waals surface area contributed by atoms with Gasteiger partial charge in [-0.25, -0.2) is 0 Å². The zero-order valence-electron chi connectivity index (χ0n) is 30.7. The van der Waals surface area contributed by atoms with Crippen LogP contribution < -0.4 is 4.90 Å². The molecule has 0 unspecified atom stereocenters. The SMILES string of the molecule is c1ccc(-c2cc(-c3ccccc3)cc(N(c3ccc(-c4ccc5ccccc5c4)cc3)c3ccc(-c4ccccc4-c4cc5ccccc5o4)cc3)c2)cc1. The molecule has 2 nitrogen and oxygen atoms in total. The van der Waals surface area contributed by atoms with E-state index in [1.807, 2.05) is 18.2 Å². The van der Waals surface area contributed by atoms with Gasteiger partial charge in [0.1, 0.15) is 11.3 Å².